The number of hydrogen-bond donors (Lipinski definition) is 1. The molecule has 0 radical (unpaired) electrons. The molecule has 1 N–H and O–H groups in total. The molecular weight excluding hydrogens is 518 g/mol. The zero-order chi connectivity index (χ0) is 27.1. The van der Waals surface area contributed by atoms with E-state index in [1.165, 1.54) is 16.9 Å². The SMILES string of the molecule is CC(C)(C)OC(=O)CC1CCC(c2ccc(C(=O)Nc3nnc(CS(=O)Cc4ccccc4)s3)cc2)CC1. The summed E-state index contributed by atoms with van der Waals surface area (Å²) < 4.78 is 17.9. The van der Waals surface area contributed by atoms with Gasteiger partial charge in [-0.05, 0) is 81.5 Å². The van der Waals surface area contributed by atoms with E-state index < -0.39 is 16.4 Å². The molecular formula is C29H35N3O4S2. The Bertz CT molecular complexity index is 1240. The zero-order valence-corrected chi connectivity index (χ0v) is 23.8. The maximum Gasteiger partial charge on any atom is 0.306 e. The Morgan fingerprint density at radius 1 is 0.974 bits per heavy atom. The van der Waals surface area contributed by atoms with Crippen LogP contribution in [0.15, 0.2) is 54.6 Å². The fourth-order valence-corrected chi connectivity index (χ4v) is 6.87. The van der Waals surface area contributed by atoms with E-state index in [1.54, 1.807) is 0 Å². The Kier molecular flexibility index (Phi) is 9.44. The van der Waals surface area contributed by atoms with E-state index in [-0.39, 0.29) is 11.9 Å². The highest BCUT2D eigenvalue weighted by molar-refractivity contribution is 7.83. The molecule has 1 fully saturated rings. The molecule has 0 spiro atoms. The van der Waals surface area contributed by atoms with Gasteiger partial charge in [-0.3, -0.25) is 19.1 Å². The predicted octanol–water partition coefficient (Wildman–Crippen LogP) is 6.24. The molecule has 1 atom stereocenters. The lowest BCUT2D eigenvalue weighted by molar-refractivity contribution is -0.156. The first-order valence-electron chi connectivity index (χ1n) is 13.0. The summed E-state index contributed by atoms with van der Waals surface area (Å²) in [6.07, 6.45) is 4.54. The van der Waals surface area contributed by atoms with Crippen LogP contribution in [0.3, 0.4) is 0 Å². The molecule has 4 rings (SSSR count). The van der Waals surface area contributed by atoms with Crippen LogP contribution in [0.5, 0.6) is 0 Å². The van der Waals surface area contributed by atoms with Crippen LogP contribution in [0.2, 0.25) is 0 Å². The van der Waals surface area contributed by atoms with Crippen LogP contribution >= 0.6 is 11.3 Å². The van der Waals surface area contributed by atoms with E-state index in [0.29, 0.717) is 45.5 Å². The van der Waals surface area contributed by atoms with Crippen LogP contribution in [0, 0.1) is 5.92 Å². The minimum atomic E-state index is -1.10. The Morgan fingerprint density at radius 2 is 1.66 bits per heavy atom. The zero-order valence-electron chi connectivity index (χ0n) is 22.1. The van der Waals surface area contributed by atoms with Crippen LogP contribution < -0.4 is 5.32 Å². The van der Waals surface area contributed by atoms with E-state index in [1.807, 2.05) is 75.4 Å². The number of anilines is 1. The average molecular weight is 554 g/mol. The molecule has 0 aliphatic heterocycles. The Balaban J connectivity index is 1.24. The molecule has 0 saturated heterocycles. The minimum absolute atomic E-state index is 0.112. The van der Waals surface area contributed by atoms with Crippen molar-refractivity contribution in [3.8, 4) is 0 Å². The number of esters is 1. The molecule has 0 bridgehead atoms. The highest BCUT2D eigenvalue weighted by Gasteiger charge is 2.26. The molecule has 1 saturated carbocycles. The number of rotatable bonds is 9. The van der Waals surface area contributed by atoms with Crippen molar-refractivity contribution in [3.63, 3.8) is 0 Å². The first-order chi connectivity index (χ1) is 18.1. The molecule has 7 nitrogen and oxygen atoms in total. The van der Waals surface area contributed by atoms with Gasteiger partial charge in [0, 0.05) is 28.5 Å². The van der Waals surface area contributed by atoms with Gasteiger partial charge in [-0.25, -0.2) is 0 Å². The van der Waals surface area contributed by atoms with Gasteiger partial charge in [-0.1, -0.05) is 53.8 Å². The lowest BCUT2D eigenvalue weighted by atomic mass is 9.77. The van der Waals surface area contributed by atoms with E-state index in [0.717, 1.165) is 31.2 Å². The number of carbonyl (C=O) groups is 2. The van der Waals surface area contributed by atoms with Crippen molar-refractivity contribution in [1.82, 2.24) is 10.2 Å². The van der Waals surface area contributed by atoms with Crippen molar-refractivity contribution in [2.45, 2.75) is 75.9 Å². The molecule has 1 aromatic heterocycles. The summed E-state index contributed by atoms with van der Waals surface area (Å²) >= 11 is 1.25. The van der Waals surface area contributed by atoms with E-state index in [9.17, 15) is 13.8 Å². The molecule has 202 valence electrons. The van der Waals surface area contributed by atoms with Crippen molar-refractivity contribution < 1.29 is 18.5 Å². The number of aromatic nitrogens is 2. The first kappa shape index (κ1) is 28.1. The topological polar surface area (TPSA) is 98.2 Å². The lowest BCUT2D eigenvalue weighted by Crippen LogP contribution is -2.26. The highest BCUT2D eigenvalue weighted by Crippen LogP contribution is 2.37. The quantitative estimate of drug-likeness (QED) is 0.315. The van der Waals surface area contributed by atoms with Gasteiger partial charge in [0.25, 0.3) is 5.91 Å². The highest BCUT2D eigenvalue weighted by atomic mass is 32.2. The van der Waals surface area contributed by atoms with Crippen molar-refractivity contribution in [3.05, 3.63) is 76.3 Å². The summed E-state index contributed by atoms with van der Waals surface area (Å²) in [5, 5.41) is 12.0. The monoisotopic (exact) mass is 553 g/mol. The van der Waals surface area contributed by atoms with Crippen LogP contribution in [0.4, 0.5) is 5.13 Å². The molecule has 1 amide bonds. The molecule has 1 aliphatic rings. The summed E-state index contributed by atoms with van der Waals surface area (Å²) in [6, 6.07) is 17.4. The average Bonchev–Trinajstić information content (AvgIpc) is 3.30. The van der Waals surface area contributed by atoms with Crippen molar-refractivity contribution >= 4 is 39.1 Å². The second-order valence-electron chi connectivity index (χ2n) is 10.8. The summed E-state index contributed by atoms with van der Waals surface area (Å²) in [6.45, 7) is 5.69. The van der Waals surface area contributed by atoms with Crippen LogP contribution in [0.1, 0.15) is 85.3 Å². The normalized spacial score (nSPS) is 18.5. The van der Waals surface area contributed by atoms with Crippen molar-refractivity contribution in [2.75, 3.05) is 5.32 Å². The number of amides is 1. The van der Waals surface area contributed by atoms with Gasteiger partial charge < -0.3 is 4.74 Å². The maximum atomic E-state index is 12.7. The van der Waals surface area contributed by atoms with Gasteiger partial charge in [0.1, 0.15) is 10.6 Å². The van der Waals surface area contributed by atoms with Gasteiger partial charge in [0.15, 0.2) is 0 Å². The van der Waals surface area contributed by atoms with Gasteiger partial charge in [-0.15, -0.1) is 10.2 Å². The fourth-order valence-electron chi connectivity index (χ4n) is 4.71. The predicted molar refractivity (Wildman–Crippen MR) is 151 cm³/mol. The van der Waals surface area contributed by atoms with Crippen molar-refractivity contribution in [2.24, 2.45) is 5.92 Å². The minimum Gasteiger partial charge on any atom is -0.460 e. The number of nitrogens with one attached hydrogen (secondary N) is 1. The molecule has 38 heavy (non-hydrogen) atoms. The number of carbonyl (C=O) groups excluding carboxylic acids is 2. The van der Waals surface area contributed by atoms with Gasteiger partial charge in [0.05, 0.1) is 5.75 Å². The molecule has 9 heteroatoms. The summed E-state index contributed by atoms with van der Waals surface area (Å²) in [5.41, 5.74) is 2.35. The third-order valence-corrected chi connectivity index (χ3v) is 8.78. The van der Waals surface area contributed by atoms with E-state index in [4.69, 9.17) is 4.74 Å². The Hall–Kier alpha value is -2.91. The maximum absolute atomic E-state index is 12.7. The number of ether oxygens (including phenoxy) is 1. The van der Waals surface area contributed by atoms with E-state index in [2.05, 4.69) is 15.5 Å². The second-order valence-corrected chi connectivity index (χ2v) is 13.3. The Morgan fingerprint density at radius 3 is 2.32 bits per heavy atom. The fraction of sp³-hybridized carbons (Fsp3) is 0.448. The summed E-state index contributed by atoms with van der Waals surface area (Å²) in [7, 11) is -1.10. The largest absolute Gasteiger partial charge is 0.460 e. The third-order valence-electron chi connectivity index (χ3n) is 6.51. The molecule has 1 aliphatic carbocycles. The smallest absolute Gasteiger partial charge is 0.306 e. The van der Waals surface area contributed by atoms with Crippen LogP contribution in [-0.4, -0.2) is 31.9 Å². The molecule has 1 heterocycles. The standard InChI is InChI=1S/C29H35N3O4S2/c1-29(2,3)36-26(33)17-20-9-11-22(12-10-20)23-13-15-24(16-14-23)27(34)30-28-32-31-25(37-28)19-38(35)18-21-7-5-4-6-8-21/h4-8,13-16,20,22H,9-12,17-19H2,1-3H3,(H,30,32,34). The third kappa shape index (κ3) is 8.56. The number of benzene rings is 2. The second kappa shape index (κ2) is 12.8. The number of hydrogen-bond acceptors (Lipinski definition) is 7. The molecule has 3 aromatic rings. The molecule has 2 aromatic carbocycles. The first-order valence-corrected chi connectivity index (χ1v) is 15.3. The van der Waals surface area contributed by atoms with Crippen LogP contribution in [-0.2, 0) is 31.8 Å². The lowest BCUT2D eigenvalue weighted by Gasteiger charge is -2.29. The summed E-state index contributed by atoms with van der Waals surface area (Å²) in [4.78, 5) is 24.9. The van der Waals surface area contributed by atoms with Gasteiger partial charge in [0.2, 0.25) is 5.13 Å². The van der Waals surface area contributed by atoms with Crippen LogP contribution in [0.25, 0.3) is 0 Å². The number of nitrogens with zero attached hydrogens (tertiary/aromatic N) is 2. The van der Waals surface area contributed by atoms with Gasteiger partial charge >= 0.3 is 5.97 Å². The molecule has 1 unspecified atom stereocenters. The van der Waals surface area contributed by atoms with Crippen molar-refractivity contribution in [1.29, 1.82) is 0 Å². The van der Waals surface area contributed by atoms with Gasteiger partial charge in [-0.2, -0.15) is 0 Å². The van der Waals surface area contributed by atoms with E-state index >= 15 is 0 Å². The Labute approximate surface area is 230 Å². The summed E-state index contributed by atoms with van der Waals surface area (Å²) in [5.74, 6) is 1.21.